The number of carbonyl (C=O) groups excluding carboxylic acids is 1. The maximum absolute atomic E-state index is 13.8. The molecule has 1 N–H and O–H groups in total. The summed E-state index contributed by atoms with van der Waals surface area (Å²) in [6, 6.07) is 7.69. The van der Waals surface area contributed by atoms with Crippen LogP contribution < -0.4 is 5.32 Å². The zero-order valence-electron chi connectivity index (χ0n) is 19.1. The van der Waals surface area contributed by atoms with Gasteiger partial charge in [-0.2, -0.15) is 4.31 Å². The van der Waals surface area contributed by atoms with Gasteiger partial charge in [0.05, 0.1) is 4.90 Å². The van der Waals surface area contributed by atoms with Crippen LogP contribution in [0.25, 0.3) is 0 Å². The van der Waals surface area contributed by atoms with Crippen molar-refractivity contribution in [3.05, 3.63) is 63.2 Å². The molecule has 2 aliphatic rings. The van der Waals surface area contributed by atoms with Gasteiger partial charge < -0.3 is 5.32 Å². The molecule has 2 aromatic rings. The molecule has 0 saturated heterocycles. The maximum Gasteiger partial charge on any atom is 0.251 e. The number of rotatable bonds is 7. The quantitative estimate of drug-likeness (QED) is 0.691. The minimum atomic E-state index is -3.64. The van der Waals surface area contributed by atoms with E-state index in [9.17, 15) is 13.2 Å². The Labute approximate surface area is 185 Å². The summed E-state index contributed by atoms with van der Waals surface area (Å²) in [4.78, 5) is 12.7. The van der Waals surface area contributed by atoms with Crippen molar-refractivity contribution < 1.29 is 13.2 Å². The van der Waals surface area contributed by atoms with Crippen LogP contribution >= 0.6 is 0 Å². The summed E-state index contributed by atoms with van der Waals surface area (Å²) in [5.41, 5.74) is 6.46. The highest BCUT2D eigenvalue weighted by atomic mass is 32.2. The minimum Gasteiger partial charge on any atom is -0.349 e. The lowest BCUT2D eigenvalue weighted by Crippen LogP contribution is -2.34. The first-order valence-corrected chi connectivity index (χ1v) is 12.5. The van der Waals surface area contributed by atoms with Crippen LogP contribution in [0, 0.1) is 34.6 Å². The van der Waals surface area contributed by atoms with Crippen LogP contribution in [0.15, 0.2) is 29.2 Å². The average Bonchev–Trinajstić information content (AvgIpc) is 3.64. The molecule has 1 amide bonds. The lowest BCUT2D eigenvalue weighted by molar-refractivity contribution is 0.0951. The van der Waals surface area contributed by atoms with Crippen molar-refractivity contribution in [1.29, 1.82) is 0 Å². The molecule has 6 heteroatoms. The van der Waals surface area contributed by atoms with Crippen LogP contribution in [-0.2, 0) is 16.6 Å². The summed E-state index contributed by atoms with van der Waals surface area (Å²) in [6.07, 6.45) is 3.88. The van der Waals surface area contributed by atoms with Gasteiger partial charge in [-0.25, -0.2) is 8.42 Å². The lowest BCUT2D eigenvalue weighted by Gasteiger charge is -2.26. The van der Waals surface area contributed by atoms with Crippen LogP contribution in [0.2, 0.25) is 0 Å². The van der Waals surface area contributed by atoms with Crippen LogP contribution in [0.3, 0.4) is 0 Å². The monoisotopic (exact) mass is 440 g/mol. The Morgan fingerprint density at radius 3 is 1.87 bits per heavy atom. The molecular weight excluding hydrogens is 408 g/mol. The molecule has 0 spiro atoms. The second kappa shape index (κ2) is 8.06. The molecule has 31 heavy (non-hydrogen) atoms. The van der Waals surface area contributed by atoms with Crippen LogP contribution in [0.5, 0.6) is 0 Å². The van der Waals surface area contributed by atoms with Crippen molar-refractivity contribution >= 4 is 15.9 Å². The number of amides is 1. The molecule has 2 aliphatic carbocycles. The predicted molar refractivity (Wildman–Crippen MR) is 123 cm³/mol. The van der Waals surface area contributed by atoms with E-state index in [0.717, 1.165) is 59.1 Å². The van der Waals surface area contributed by atoms with Crippen molar-refractivity contribution in [2.45, 2.75) is 83.8 Å². The minimum absolute atomic E-state index is 0.0450. The van der Waals surface area contributed by atoms with E-state index >= 15 is 0 Å². The molecule has 0 radical (unpaired) electrons. The average molecular weight is 441 g/mol. The Bertz CT molecular complexity index is 1100. The van der Waals surface area contributed by atoms with E-state index in [1.54, 1.807) is 16.4 Å². The highest BCUT2D eigenvalue weighted by molar-refractivity contribution is 7.89. The van der Waals surface area contributed by atoms with E-state index in [1.807, 2.05) is 39.8 Å². The molecule has 0 aromatic heterocycles. The molecule has 0 heterocycles. The van der Waals surface area contributed by atoms with Crippen molar-refractivity contribution in [3.8, 4) is 0 Å². The Balaban J connectivity index is 1.63. The molecule has 0 atom stereocenters. The first-order chi connectivity index (χ1) is 14.6. The van der Waals surface area contributed by atoms with E-state index in [-0.39, 0.29) is 11.9 Å². The molecule has 2 fully saturated rings. The van der Waals surface area contributed by atoms with E-state index in [2.05, 4.69) is 12.2 Å². The Morgan fingerprint density at radius 1 is 0.871 bits per heavy atom. The lowest BCUT2D eigenvalue weighted by atomic mass is 9.95. The summed E-state index contributed by atoms with van der Waals surface area (Å²) in [5, 5.41) is 2.99. The summed E-state index contributed by atoms with van der Waals surface area (Å²) in [6.45, 7) is 10.2. The van der Waals surface area contributed by atoms with Crippen LogP contribution in [-0.4, -0.2) is 30.7 Å². The van der Waals surface area contributed by atoms with Gasteiger partial charge in [0.25, 0.3) is 5.91 Å². The van der Waals surface area contributed by atoms with Gasteiger partial charge in [0.1, 0.15) is 0 Å². The zero-order valence-corrected chi connectivity index (χ0v) is 19.9. The normalized spacial score (nSPS) is 16.6. The van der Waals surface area contributed by atoms with Gasteiger partial charge in [-0.1, -0.05) is 12.1 Å². The number of nitrogens with zero attached hydrogens (tertiary/aromatic N) is 1. The first kappa shape index (κ1) is 22.0. The summed E-state index contributed by atoms with van der Waals surface area (Å²) < 4.78 is 29.3. The fourth-order valence-corrected chi connectivity index (χ4v) is 6.42. The molecule has 0 unspecified atom stereocenters. The zero-order chi connectivity index (χ0) is 22.5. The van der Waals surface area contributed by atoms with Crippen molar-refractivity contribution in [3.63, 3.8) is 0 Å². The third-order valence-electron chi connectivity index (χ3n) is 6.92. The van der Waals surface area contributed by atoms with Crippen molar-refractivity contribution in [2.24, 2.45) is 0 Å². The maximum atomic E-state index is 13.8. The van der Waals surface area contributed by atoms with E-state index in [1.165, 1.54) is 0 Å². The molecule has 2 aromatic carbocycles. The molecule has 4 rings (SSSR count). The van der Waals surface area contributed by atoms with Crippen LogP contribution in [0.1, 0.15) is 69.4 Å². The van der Waals surface area contributed by atoms with Crippen LogP contribution in [0.4, 0.5) is 0 Å². The third kappa shape index (κ3) is 4.28. The fourth-order valence-electron chi connectivity index (χ4n) is 4.18. The van der Waals surface area contributed by atoms with Gasteiger partial charge in [-0.15, -0.1) is 0 Å². The second-order valence-electron chi connectivity index (χ2n) is 9.18. The summed E-state index contributed by atoms with van der Waals surface area (Å²) in [7, 11) is -3.64. The Morgan fingerprint density at radius 2 is 1.39 bits per heavy atom. The predicted octanol–water partition coefficient (Wildman–Crippen LogP) is 4.47. The number of sulfonamides is 1. The molecule has 2 saturated carbocycles. The SMILES string of the molecule is Cc1c(C)c(C)c(S(=O)(=O)N(Cc2ccc(C(=O)NC3CC3)cc2)C2CC2)c(C)c1C. The Hall–Kier alpha value is -2.18. The third-order valence-corrected chi connectivity index (χ3v) is 9.09. The number of benzene rings is 2. The van der Waals surface area contributed by atoms with Gasteiger partial charge in [0, 0.05) is 24.2 Å². The topological polar surface area (TPSA) is 66.5 Å². The Kier molecular flexibility index (Phi) is 5.73. The number of hydrogen-bond donors (Lipinski definition) is 1. The van der Waals surface area contributed by atoms with Gasteiger partial charge in [0.15, 0.2) is 0 Å². The molecule has 5 nitrogen and oxygen atoms in total. The summed E-state index contributed by atoms with van der Waals surface area (Å²) >= 11 is 0. The van der Waals surface area contributed by atoms with Gasteiger partial charge in [-0.05, 0) is 106 Å². The van der Waals surface area contributed by atoms with Crippen molar-refractivity contribution in [2.75, 3.05) is 0 Å². The number of nitrogens with one attached hydrogen (secondary N) is 1. The van der Waals surface area contributed by atoms with Gasteiger partial charge >= 0.3 is 0 Å². The standard InChI is InChI=1S/C25H32N2O3S/c1-15-16(2)18(4)24(19(5)17(15)3)31(29,30)27(23-12-13-23)14-20-6-8-21(9-7-20)25(28)26-22-10-11-22/h6-9,22-23H,10-14H2,1-5H3,(H,26,28). The van der Waals surface area contributed by atoms with E-state index in [4.69, 9.17) is 0 Å². The molecule has 0 bridgehead atoms. The fraction of sp³-hybridized carbons (Fsp3) is 0.480. The van der Waals surface area contributed by atoms with Gasteiger partial charge in [-0.3, -0.25) is 4.79 Å². The number of carbonyl (C=O) groups is 1. The van der Waals surface area contributed by atoms with E-state index in [0.29, 0.717) is 23.0 Å². The highest BCUT2D eigenvalue weighted by Gasteiger charge is 2.40. The first-order valence-electron chi connectivity index (χ1n) is 11.1. The smallest absolute Gasteiger partial charge is 0.251 e. The summed E-state index contributed by atoms with van der Waals surface area (Å²) in [5.74, 6) is -0.0578. The molecule has 166 valence electrons. The second-order valence-corrected chi connectivity index (χ2v) is 11.0. The number of hydrogen-bond acceptors (Lipinski definition) is 3. The highest BCUT2D eigenvalue weighted by Crippen LogP contribution is 2.37. The largest absolute Gasteiger partial charge is 0.349 e. The molecule has 0 aliphatic heterocycles. The van der Waals surface area contributed by atoms with Gasteiger partial charge in [0.2, 0.25) is 10.0 Å². The van der Waals surface area contributed by atoms with Crippen molar-refractivity contribution in [1.82, 2.24) is 9.62 Å². The van der Waals surface area contributed by atoms with E-state index < -0.39 is 10.0 Å². The molecular formula is C25H32N2O3S.